The van der Waals surface area contributed by atoms with Crippen LogP contribution in [0.2, 0.25) is 0 Å². The highest BCUT2D eigenvalue weighted by molar-refractivity contribution is 7.18. The summed E-state index contributed by atoms with van der Waals surface area (Å²) in [6, 6.07) is 0. The zero-order chi connectivity index (χ0) is 16.7. The van der Waals surface area contributed by atoms with Gasteiger partial charge in [0, 0.05) is 11.4 Å². The van der Waals surface area contributed by atoms with Crippen molar-refractivity contribution in [3.8, 4) is 0 Å². The topological polar surface area (TPSA) is 38.1 Å². The minimum atomic E-state index is 0.113. The lowest BCUT2D eigenvalue weighted by atomic mass is 9.89. The van der Waals surface area contributed by atoms with Gasteiger partial charge in [0.15, 0.2) is 0 Å². The van der Waals surface area contributed by atoms with Crippen molar-refractivity contribution in [1.29, 1.82) is 0 Å². The zero-order valence-electron chi connectivity index (χ0n) is 14.5. The molecule has 0 aromatic carbocycles. The van der Waals surface area contributed by atoms with Gasteiger partial charge in [0.1, 0.15) is 10.7 Å². The molecule has 2 heterocycles. The van der Waals surface area contributed by atoms with Gasteiger partial charge in [-0.15, -0.1) is 11.3 Å². The van der Waals surface area contributed by atoms with Gasteiger partial charge in [-0.2, -0.15) is 0 Å². The number of nitrogens with zero attached hydrogens (tertiary/aromatic N) is 3. The van der Waals surface area contributed by atoms with Gasteiger partial charge in [-0.25, -0.2) is 4.98 Å². The van der Waals surface area contributed by atoms with Crippen LogP contribution >= 0.6 is 11.3 Å². The smallest absolute Gasteiger partial charge is 0.262 e. The summed E-state index contributed by atoms with van der Waals surface area (Å²) in [6.45, 7) is 9.44. The molecule has 3 rings (SSSR count). The molecule has 1 aliphatic rings. The molecule has 1 aliphatic carbocycles. The summed E-state index contributed by atoms with van der Waals surface area (Å²) in [5, 5.41) is 0.862. The quantitative estimate of drug-likeness (QED) is 0.808. The normalized spacial score (nSPS) is 17.7. The molecule has 5 heteroatoms. The first-order valence-corrected chi connectivity index (χ1v) is 9.01. The molecule has 0 bridgehead atoms. The molecule has 1 atom stereocenters. The molecule has 0 radical (unpaired) electrons. The van der Waals surface area contributed by atoms with Crippen LogP contribution in [-0.2, 0) is 25.9 Å². The molecule has 4 nitrogen and oxygen atoms in total. The van der Waals surface area contributed by atoms with E-state index in [2.05, 4.69) is 18.4 Å². The van der Waals surface area contributed by atoms with Crippen molar-refractivity contribution in [3.63, 3.8) is 0 Å². The molecule has 0 saturated carbocycles. The van der Waals surface area contributed by atoms with Crippen LogP contribution in [0, 0.1) is 5.92 Å². The van der Waals surface area contributed by atoms with Crippen LogP contribution in [0.15, 0.2) is 16.9 Å². The average molecular weight is 331 g/mol. The lowest BCUT2D eigenvalue weighted by Crippen LogP contribution is -2.29. The molecule has 2 aromatic rings. The van der Waals surface area contributed by atoms with Crippen LogP contribution in [0.4, 0.5) is 0 Å². The third kappa shape index (κ3) is 3.12. The molecule has 0 saturated heterocycles. The third-order valence-corrected chi connectivity index (χ3v) is 5.53. The number of fused-ring (bicyclic) bond motifs is 3. The predicted octanol–water partition coefficient (Wildman–Crippen LogP) is 3.22. The number of hydrogen-bond acceptors (Lipinski definition) is 4. The minimum absolute atomic E-state index is 0.113. The Labute approximate surface area is 141 Å². The van der Waals surface area contributed by atoms with Crippen LogP contribution in [0.1, 0.15) is 36.5 Å². The summed E-state index contributed by atoms with van der Waals surface area (Å²) < 4.78 is 1.82. The Hall–Kier alpha value is -1.46. The highest BCUT2D eigenvalue weighted by Gasteiger charge is 2.24. The van der Waals surface area contributed by atoms with E-state index in [0.717, 1.165) is 40.9 Å². The molecule has 23 heavy (non-hydrogen) atoms. The summed E-state index contributed by atoms with van der Waals surface area (Å²) in [5.41, 5.74) is 2.35. The van der Waals surface area contributed by atoms with E-state index in [9.17, 15) is 4.79 Å². The van der Waals surface area contributed by atoms with Gasteiger partial charge in [0.2, 0.25) is 0 Å². The predicted molar refractivity (Wildman–Crippen MR) is 97.3 cm³/mol. The molecule has 0 amide bonds. The second-order valence-electron chi connectivity index (χ2n) is 7.15. The summed E-state index contributed by atoms with van der Waals surface area (Å²) in [4.78, 5) is 22.4. The molecule has 2 aromatic heterocycles. The Morgan fingerprint density at radius 2 is 2.22 bits per heavy atom. The number of hydrogen-bond donors (Lipinski definition) is 0. The van der Waals surface area contributed by atoms with E-state index in [-0.39, 0.29) is 5.56 Å². The maximum absolute atomic E-state index is 13.2. The van der Waals surface area contributed by atoms with Crippen LogP contribution in [-0.4, -0.2) is 28.5 Å². The lowest BCUT2D eigenvalue weighted by Gasteiger charge is -2.18. The summed E-state index contributed by atoms with van der Waals surface area (Å²) in [7, 11) is 4.01. The largest absolute Gasteiger partial charge is 0.302 e. The number of allylic oxidation sites excluding steroid dienone is 1. The van der Waals surface area contributed by atoms with E-state index in [1.807, 2.05) is 25.6 Å². The van der Waals surface area contributed by atoms with Crippen LogP contribution in [0.5, 0.6) is 0 Å². The molecule has 0 N–H and O–H groups in total. The van der Waals surface area contributed by atoms with Crippen LogP contribution in [0.3, 0.4) is 0 Å². The monoisotopic (exact) mass is 331 g/mol. The number of rotatable bonds is 4. The maximum atomic E-state index is 13.2. The Bertz CT molecular complexity index is 816. The van der Waals surface area contributed by atoms with Gasteiger partial charge in [-0.1, -0.05) is 19.1 Å². The summed E-state index contributed by atoms with van der Waals surface area (Å²) >= 11 is 1.72. The highest BCUT2D eigenvalue weighted by Crippen LogP contribution is 2.35. The van der Waals surface area contributed by atoms with Gasteiger partial charge in [0.25, 0.3) is 5.56 Å². The van der Waals surface area contributed by atoms with E-state index < -0.39 is 0 Å². The Kier molecular flexibility index (Phi) is 4.43. The zero-order valence-corrected chi connectivity index (χ0v) is 15.3. The fourth-order valence-corrected chi connectivity index (χ4v) is 4.69. The number of aryl methyl sites for hydroxylation is 1. The van der Waals surface area contributed by atoms with Crippen molar-refractivity contribution >= 4 is 21.6 Å². The van der Waals surface area contributed by atoms with E-state index >= 15 is 0 Å². The summed E-state index contributed by atoms with van der Waals surface area (Å²) in [5.74, 6) is 1.54. The second-order valence-corrected chi connectivity index (χ2v) is 8.23. The fraction of sp³-hybridized carbons (Fsp3) is 0.556. The van der Waals surface area contributed by atoms with Crippen LogP contribution in [0.25, 0.3) is 10.2 Å². The minimum Gasteiger partial charge on any atom is -0.302 e. The molecular formula is C18H25N3OS. The molecule has 1 unspecified atom stereocenters. The van der Waals surface area contributed by atoms with E-state index in [1.165, 1.54) is 10.4 Å². The van der Waals surface area contributed by atoms with Gasteiger partial charge in [-0.3, -0.25) is 9.36 Å². The van der Waals surface area contributed by atoms with Crippen molar-refractivity contribution in [1.82, 2.24) is 14.5 Å². The first-order valence-electron chi connectivity index (χ1n) is 8.20. The van der Waals surface area contributed by atoms with Crippen molar-refractivity contribution in [2.75, 3.05) is 14.1 Å². The molecule has 124 valence electrons. The van der Waals surface area contributed by atoms with Crippen molar-refractivity contribution in [2.45, 2.75) is 46.2 Å². The Morgan fingerprint density at radius 1 is 1.48 bits per heavy atom. The fourth-order valence-electron chi connectivity index (χ4n) is 3.30. The summed E-state index contributed by atoms with van der Waals surface area (Å²) in [6.07, 6.45) is 3.25. The van der Waals surface area contributed by atoms with E-state index in [1.54, 1.807) is 11.3 Å². The molecule has 0 spiro atoms. The first-order chi connectivity index (χ1) is 10.9. The van der Waals surface area contributed by atoms with Crippen LogP contribution < -0.4 is 5.56 Å². The molecule has 0 fully saturated rings. The van der Waals surface area contributed by atoms with Crippen molar-refractivity contribution < 1.29 is 0 Å². The Morgan fingerprint density at radius 3 is 2.87 bits per heavy atom. The average Bonchev–Trinajstić information content (AvgIpc) is 2.79. The molecule has 0 aliphatic heterocycles. The van der Waals surface area contributed by atoms with Crippen molar-refractivity contribution in [3.05, 3.63) is 38.8 Å². The van der Waals surface area contributed by atoms with Gasteiger partial charge >= 0.3 is 0 Å². The number of aromatic nitrogens is 2. The van der Waals surface area contributed by atoms with Gasteiger partial charge < -0.3 is 4.90 Å². The van der Waals surface area contributed by atoms with Gasteiger partial charge in [-0.05, 0) is 51.8 Å². The lowest BCUT2D eigenvalue weighted by molar-refractivity contribution is 0.379. The Balaban J connectivity index is 2.23. The molecular weight excluding hydrogens is 306 g/mol. The van der Waals surface area contributed by atoms with E-state index in [4.69, 9.17) is 4.98 Å². The first kappa shape index (κ1) is 16.4. The maximum Gasteiger partial charge on any atom is 0.262 e. The third-order valence-electron chi connectivity index (χ3n) is 4.38. The second kappa shape index (κ2) is 6.21. The SMILES string of the molecule is C=C(C)Cn1c(CN(C)C)nc2sc3c(c2c1=O)CCC(C)C3. The number of thiophene rings is 1. The van der Waals surface area contributed by atoms with Gasteiger partial charge in [0.05, 0.1) is 11.9 Å². The standard InChI is InChI=1S/C18H25N3OS/c1-11(2)9-21-15(10-20(4)5)19-17-16(18(21)22)13-7-6-12(3)8-14(13)23-17/h12H,1,6-10H2,2-5H3. The highest BCUT2D eigenvalue weighted by atomic mass is 32.1. The van der Waals surface area contributed by atoms with Crippen molar-refractivity contribution in [2.24, 2.45) is 5.92 Å². The van der Waals surface area contributed by atoms with E-state index in [0.29, 0.717) is 19.0 Å².